The molecule has 0 aliphatic heterocycles. The molecule has 3 N–H and O–H groups in total. The van der Waals surface area contributed by atoms with Gasteiger partial charge < -0.3 is 11.1 Å². The number of aromatic nitrogens is 2. The third-order valence-electron chi connectivity index (χ3n) is 2.97. The molecule has 2 heterocycles. The Labute approximate surface area is 123 Å². The number of amides is 1. The van der Waals surface area contributed by atoms with Crippen LogP contribution in [0.3, 0.4) is 0 Å². The molecule has 0 spiro atoms. The van der Waals surface area contributed by atoms with Gasteiger partial charge in [0.2, 0.25) is 0 Å². The monoisotopic (exact) mass is 280 g/mol. The average Bonchev–Trinajstić information content (AvgIpc) is 2.52. The van der Waals surface area contributed by atoms with Crippen LogP contribution in [0.4, 0.5) is 0 Å². The van der Waals surface area contributed by atoms with Crippen molar-refractivity contribution in [2.24, 2.45) is 5.73 Å². The summed E-state index contributed by atoms with van der Waals surface area (Å²) in [6.07, 6.45) is 6.61. The zero-order valence-corrected chi connectivity index (χ0v) is 11.8. The lowest BCUT2D eigenvalue weighted by molar-refractivity contribution is 0.0950. The molecule has 0 aliphatic carbocycles. The lowest BCUT2D eigenvalue weighted by atomic mass is 10.1. The van der Waals surface area contributed by atoms with E-state index < -0.39 is 0 Å². The van der Waals surface area contributed by atoms with E-state index in [9.17, 15) is 4.79 Å². The second-order valence-electron chi connectivity index (χ2n) is 4.41. The Morgan fingerprint density at radius 3 is 2.81 bits per heavy atom. The Hall–Kier alpha value is -2.71. The molecule has 0 aliphatic rings. The number of carbonyl (C=O) groups excluding carboxylic acids is 1. The molecular formula is C16H16N4O. The Morgan fingerprint density at radius 2 is 2.05 bits per heavy atom. The fourth-order valence-electron chi connectivity index (χ4n) is 1.81. The smallest absolute Gasteiger partial charge is 0.252 e. The van der Waals surface area contributed by atoms with Crippen LogP contribution in [0.15, 0.2) is 36.9 Å². The fourth-order valence-corrected chi connectivity index (χ4v) is 1.81. The molecule has 0 fully saturated rings. The minimum atomic E-state index is -0.185. The van der Waals surface area contributed by atoms with Crippen molar-refractivity contribution in [1.82, 2.24) is 15.3 Å². The van der Waals surface area contributed by atoms with Crippen LogP contribution in [0.1, 0.15) is 27.0 Å². The Bertz CT molecular complexity index is 701. The van der Waals surface area contributed by atoms with Crippen molar-refractivity contribution in [3.63, 3.8) is 0 Å². The van der Waals surface area contributed by atoms with Crippen LogP contribution in [0, 0.1) is 18.8 Å². The van der Waals surface area contributed by atoms with Gasteiger partial charge in [-0.1, -0.05) is 11.8 Å². The summed E-state index contributed by atoms with van der Waals surface area (Å²) in [5.74, 6) is 5.40. The third-order valence-corrected chi connectivity index (χ3v) is 2.97. The van der Waals surface area contributed by atoms with E-state index in [4.69, 9.17) is 5.73 Å². The minimum absolute atomic E-state index is 0.185. The fraction of sp³-hybridized carbons (Fsp3) is 0.188. The molecule has 0 saturated carbocycles. The zero-order chi connectivity index (χ0) is 15.1. The van der Waals surface area contributed by atoms with Crippen molar-refractivity contribution in [3.8, 4) is 11.8 Å². The number of rotatable bonds is 3. The number of carbonyl (C=O) groups is 1. The van der Waals surface area contributed by atoms with E-state index in [0.29, 0.717) is 17.7 Å². The second-order valence-corrected chi connectivity index (χ2v) is 4.41. The van der Waals surface area contributed by atoms with Gasteiger partial charge in [0.1, 0.15) is 0 Å². The molecule has 0 unspecified atom stereocenters. The van der Waals surface area contributed by atoms with Crippen LogP contribution in [-0.4, -0.2) is 22.4 Å². The summed E-state index contributed by atoms with van der Waals surface area (Å²) in [5.41, 5.74) is 8.49. The predicted octanol–water partition coefficient (Wildman–Crippen LogP) is 1.03. The molecule has 0 radical (unpaired) electrons. The van der Waals surface area contributed by atoms with Crippen LogP contribution >= 0.6 is 0 Å². The maximum Gasteiger partial charge on any atom is 0.252 e. The summed E-state index contributed by atoms with van der Waals surface area (Å²) < 4.78 is 0. The van der Waals surface area contributed by atoms with Crippen LogP contribution in [-0.2, 0) is 6.54 Å². The first-order chi connectivity index (χ1) is 10.2. The van der Waals surface area contributed by atoms with Gasteiger partial charge in [-0.3, -0.25) is 14.8 Å². The van der Waals surface area contributed by atoms with Gasteiger partial charge in [-0.05, 0) is 30.2 Å². The van der Waals surface area contributed by atoms with E-state index in [0.717, 1.165) is 11.1 Å². The van der Waals surface area contributed by atoms with Crippen LogP contribution in [0.2, 0.25) is 0 Å². The molecule has 0 aromatic carbocycles. The average molecular weight is 280 g/mol. The number of nitrogens with zero attached hydrogens (tertiary/aromatic N) is 2. The maximum atomic E-state index is 12.3. The Balaban J connectivity index is 2.12. The maximum absolute atomic E-state index is 12.3. The molecule has 106 valence electrons. The highest BCUT2D eigenvalue weighted by Gasteiger charge is 2.10. The molecular weight excluding hydrogens is 264 g/mol. The van der Waals surface area contributed by atoms with Gasteiger partial charge in [0, 0.05) is 31.3 Å². The van der Waals surface area contributed by atoms with Gasteiger partial charge in [0.15, 0.2) is 0 Å². The van der Waals surface area contributed by atoms with Crippen molar-refractivity contribution < 1.29 is 4.79 Å². The summed E-state index contributed by atoms with van der Waals surface area (Å²) in [5, 5.41) is 2.88. The van der Waals surface area contributed by atoms with Crippen LogP contribution < -0.4 is 11.1 Å². The van der Waals surface area contributed by atoms with Gasteiger partial charge in [0.25, 0.3) is 5.91 Å². The molecule has 5 nitrogen and oxygen atoms in total. The predicted molar refractivity (Wildman–Crippen MR) is 80.3 cm³/mol. The number of pyridine rings is 2. The minimum Gasteiger partial charge on any atom is -0.348 e. The van der Waals surface area contributed by atoms with Crippen molar-refractivity contribution in [2.75, 3.05) is 6.54 Å². The SMILES string of the molecule is Cc1cnccc1CNC(=O)c1ccncc1C#CCN. The molecule has 2 aromatic heterocycles. The normalized spacial score (nSPS) is 9.62. The van der Waals surface area contributed by atoms with E-state index in [2.05, 4.69) is 27.1 Å². The molecule has 21 heavy (non-hydrogen) atoms. The number of nitrogens with two attached hydrogens (primary N) is 1. The summed E-state index contributed by atoms with van der Waals surface area (Å²) in [4.78, 5) is 20.3. The Kier molecular flexibility index (Phi) is 5.02. The van der Waals surface area contributed by atoms with Gasteiger partial charge in [-0.15, -0.1) is 0 Å². The van der Waals surface area contributed by atoms with E-state index in [1.807, 2.05) is 13.0 Å². The second kappa shape index (κ2) is 7.17. The van der Waals surface area contributed by atoms with Gasteiger partial charge in [0.05, 0.1) is 17.7 Å². The highest BCUT2D eigenvalue weighted by Crippen LogP contribution is 2.08. The Morgan fingerprint density at radius 1 is 1.29 bits per heavy atom. The molecule has 1 amide bonds. The molecule has 0 atom stereocenters. The zero-order valence-electron chi connectivity index (χ0n) is 11.8. The van der Waals surface area contributed by atoms with E-state index in [1.165, 1.54) is 0 Å². The quantitative estimate of drug-likeness (QED) is 0.823. The first-order valence-corrected chi connectivity index (χ1v) is 6.53. The number of hydrogen-bond acceptors (Lipinski definition) is 4. The van der Waals surface area contributed by atoms with Crippen LogP contribution in [0.5, 0.6) is 0 Å². The van der Waals surface area contributed by atoms with E-state index in [-0.39, 0.29) is 12.5 Å². The van der Waals surface area contributed by atoms with Gasteiger partial charge in [-0.25, -0.2) is 0 Å². The topological polar surface area (TPSA) is 80.9 Å². The molecule has 5 heteroatoms. The first-order valence-electron chi connectivity index (χ1n) is 6.53. The van der Waals surface area contributed by atoms with Crippen molar-refractivity contribution >= 4 is 5.91 Å². The van der Waals surface area contributed by atoms with Crippen molar-refractivity contribution in [1.29, 1.82) is 0 Å². The first kappa shape index (κ1) is 14.7. The third kappa shape index (κ3) is 3.88. The van der Waals surface area contributed by atoms with Gasteiger partial charge >= 0.3 is 0 Å². The summed E-state index contributed by atoms with van der Waals surface area (Å²) >= 11 is 0. The van der Waals surface area contributed by atoms with Crippen molar-refractivity contribution in [2.45, 2.75) is 13.5 Å². The summed E-state index contributed by atoms with van der Waals surface area (Å²) in [6, 6.07) is 3.53. The largest absolute Gasteiger partial charge is 0.348 e. The molecule has 0 bridgehead atoms. The number of hydrogen-bond donors (Lipinski definition) is 2. The molecule has 0 saturated heterocycles. The lowest BCUT2D eigenvalue weighted by Crippen LogP contribution is -2.24. The van der Waals surface area contributed by atoms with Crippen LogP contribution in [0.25, 0.3) is 0 Å². The lowest BCUT2D eigenvalue weighted by Gasteiger charge is -2.08. The number of nitrogens with one attached hydrogen (secondary N) is 1. The molecule has 2 rings (SSSR count). The summed E-state index contributed by atoms with van der Waals surface area (Å²) in [7, 11) is 0. The number of aryl methyl sites for hydroxylation is 1. The van der Waals surface area contributed by atoms with E-state index in [1.54, 1.807) is 30.9 Å². The highest BCUT2D eigenvalue weighted by atomic mass is 16.1. The highest BCUT2D eigenvalue weighted by molar-refractivity contribution is 5.96. The van der Waals surface area contributed by atoms with E-state index >= 15 is 0 Å². The van der Waals surface area contributed by atoms with Crippen molar-refractivity contribution in [3.05, 3.63) is 59.2 Å². The standard InChI is InChI=1S/C16H16N4O/c1-12-9-18-7-4-13(12)11-20-16(21)15-5-8-19-10-14(15)3-2-6-17/h4-5,7-10H,6,11,17H2,1H3,(H,20,21). The van der Waals surface area contributed by atoms with Gasteiger partial charge in [-0.2, -0.15) is 0 Å². The molecule has 2 aromatic rings. The summed E-state index contributed by atoms with van der Waals surface area (Å²) in [6.45, 7) is 2.64.